The highest BCUT2D eigenvalue weighted by Gasteiger charge is 2.52. The average molecular weight is 383 g/mol. The third kappa shape index (κ3) is 2.54. The lowest BCUT2D eigenvalue weighted by Crippen LogP contribution is -2.59. The molecule has 1 N–H and O–H groups in total. The molecule has 2 fully saturated rings. The second-order valence-corrected chi connectivity index (χ2v) is 9.15. The molecule has 27 heavy (non-hydrogen) atoms. The van der Waals surface area contributed by atoms with Crippen molar-refractivity contribution in [3.8, 4) is 17.3 Å². The lowest BCUT2D eigenvalue weighted by Gasteiger charge is -2.45. The van der Waals surface area contributed by atoms with Crippen molar-refractivity contribution in [2.75, 3.05) is 6.54 Å². The predicted octanol–water partition coefficient (Wildman–Crippen LogP) is 1.45. The van der Waals surface area contributed by atoms with Crippen molar-refractivity contribution in [1.82, 2.24) is 29.0 Å². The molecular formula is C17H17N7O2S. The molecule has 2 atom stereocenters. The Labute approximate surface area is 155 Å². The predicted molar refractivity (Wildman–Crippen MR) is 96.8 cm³/mol. The largest absolute Gasteiger partial charge is 0.346 e. The van der Waals surface area contributed by atoms with Gasteiger partial charge in [-0.05, 0) is 18.9 Å². The van der Waals surface area contributed by atoms with Gasteiger partial charge in [-0.25, -0.2) is 18.4 Å². The van der Waals surface area contributed by atoms with Crippen molar-refractivity contribution >= 4 is 21.1 Å². The highest BCUT2D eigenvalue weighted by atomic mass is 32.2. The van der Waals surface area contributed by atoms with Crippen LogP contribution in [0.2, 0.25) is 0 Å². The van der Waals surface area contributed by atoms with Crippen molar-refractivity contribution in [2.45, 2.75) is 36.6 Å². The van der Waals surface area contributed by atoms with Crippen LogP contribution >= 0.6 is 0 Å². The Hall–Kier alpha value is -2.77. The standard InChI is InChI=1S/C17H17N7O2S/c18-5-3-14-15(9-24(14)27(25,26)12-1-2-12)23-8-11(7-22-23)16-13-4-6-19-17(13)21-10-20-16/h4,6-8,10,12,14-15H,1-3,9H2,(H,19,20,21). The minimum atomic E-state index is -3.29. The Bertz CT molecular complexity index is 1160. The minimum Gasteiger partial charge on any atom is -0.346 e. The van der Waals surface area contributed by atoms with Gasteiger partial charge in [0.1, 0.15) is 12.0 Å². The van der Waals surface area contributed by atoms with Gasteiger partial charge < -0.3 is 4.98 Å². The molecular weight excluding hydrogens is 366 g/mol. The van der Waals surface area contributed by atoms with E-state index in [1.165, 1.54) is 10.6 Å². The molecule has 0 spiro atoms. The van der Waals surface area contributed by atoms with Crippen LogP contribution in [0, 0.1) is 11.3 Å². The number of hydrogen-bond acceptors (Lipinski definition) is 6. The first-order chi connectivity index (χ1) is 13.1. The summed E-state index contributed by atoms with van der Waals surface area (Å²) in [6.45, 7) is 0.357. The molecule has 138 valence electrons. The number of aromatic amines is 1. The third-order valence-electron chi connectivity index (χ3n) is 5.32. The van der Waals surface area contributed by atoms with Crippen LogP contribution in [0.1, 0.15) is 25.3 Å². The zero-order valence-corrected chi connectivity index (χ0v) is 15.2. The normalized spacial score (nSPS) is 23.2. The van der Waals surface area contributed by atoms with E-state index in [0.29, 0.717) is 6.54 Å². The summed E-state index contributed by atoms with van der Waals surface area (Å²) in [5.74, 6) is 0. The summed E-state index contributed by atoms with van der Waals surface area (Å²) in [5, 5.41) is 14.2. The minimum absolute atomic E-state index is 0.143. The van der Waals surface area contributed by atoms with E-state index in [1.807, 2.05) is 18.5 Å². The maximum Gasteiger partial charge on any atom is 0.217 e. The molecule has 2 unspecified atom stereocenters. The van der Waals surface area contributed by atoms with Gasteiger partial charge in [0.2, 0.25) is 10.0 Å². The molecule has 3 aromatic rings. The lowest BCUT2D eigenvalue weighted by molar-refractivity contribution is 0.102. The first-order valence-corrected chi connectivity index (χ1v) is 10.3. The molecule has 3 aromatic heterocycles. The van der Waals surface area contributed by atoms with Gasteiger partial charge >= 0.3 is 0 Å². The van der Waals surface area contributed by atoms with Gasteiger partial charge in [0.05, 0.1) is 41.7 Å². The zero-order chi connectivity index (χ0) is 18.6. The molecule has 0 bridgehead atoms. The van der Waals surface area contributed by atoms with E-state index in [-0.39, 0.29) is 23.8 Å². The number of nitrogens with one attached hydrogen (secondary N) is 1. The maximum absolute atomic E-state index is 12.5. The van der Waals surface area contributed by atoms with E-state index in [2.05, 4.69) is 26.1 Å². The van der Waals surface area contributed by atoms with E-state index in [1.54, 1.807) is 10.9 Å². The fourth-order valence-corrected chi connectivity index (χ4v) is 5.75. The summed E-state index contributed by atoms with van der Waals surface area (Å²) in [7, 11) is -3.29. The number of nitrogens with zero attached hydrogens (tertiary/aromatic N) is 6. The monoisotopic (exact) mass is 383 g/mol. The average Bonchev–Trinajstić information content (AvgIpc) is 3.22. The topological polar surface area (TPSA) is 121 Å². The van der Waals surface area contributed by atoms with Crippen LogP contribution in [-0.4, -0.2) is 55.3 Å². The smallest absolute Gasteiger partial charge is 0.217 e. The van der Waals surface area contributed by atoms with E-state index in [4.69, 9.17) is 5.26 Å². The summed E-state index contributed by atoms with van der Waals surface area (Å²) in [4.78, 5) is 11.6. The van der Waals surface area contributed by atoms with Gasteiger partial charge in [-0.15, -0.1) is 0 Å². The molecule has 5 rings (SSSR count). The number of sulfonamides is 1. The fraction of sp³-hybridized carbons (Fsp3) is 0.412. The SMILES string of the molecule is N#CCC1C(n2cc(-c3ncnc4[nH]ccc34)cn2)CN1S(=O)(=O)C1CC1. The van der Waals surface area contributed by atoms with E-state index >= 15 is 0 Å². The van der Waals surface area contributed by atoms with Crippen LogP contribution < -0.4 is 0 Å². The summed E-state index contributed by atoms with van der Waals surface area (Å²) < 4.78 is 28.3. The molecule has 0 aromatic carbocycles. The van der Waals surface area contributed by atoms with Crippen molar-refractivity contribution in [3.05, 3.63) is 31.0 Å². The van der Waals surface area contributed by atoms with Crippen molar-refractivity contribution in [2.24, 2.45) is 0 Å². The molecule has 1 saturated carbocycles. The highest BCUT2D eigenvalue weighted by molar-refractivity contribution is 7.90. The van der Waals surface area contributed by atoms with Gasteiger partial charge in [0, 0.05) is 29.9 Å². The first-order valence-electron chi connectivity index (χ1n) is 8.80. The molecule has 10 heteroatoms. The molecule has 9 nitrogen and oxygen atoms in total. The van der Waals surface area contributed by atoms with Crippen molar-refractivity contribution < 1.29 is 8.42 Å². The Kier molecular flexibility index (Phi) is 3.57. The zero-order valence-electron chi connectivity index (χ0n) is 14.4. The van der Waals surface area contributed by atoms with Crippen LogP contribution in [0.15, 0.2) is 31.0 Å². The second-order valence-electron chi connectivity index (χ2n) is 6.98. The van der Waals surface area contributed by atoms with E-state index < -0.39 is 10.0 Å². The van der Waals surface area contributed by atoms with Gasteiger partial charge in [-0.1, -0.05) is 0 Å². The second kappa shape index (κ2) is 5.87. The fourth-order valence-electron chi connectivity index (χ4n) is 3.68. The summed E-state index contributed by atoms with van der Waals surface area (Å²) in [6, 6.07) is 3.52. The van der Waals surface area contributed by atoms with E-state index in [0.717, 1.165) is 35.1 Å². The summed E-state index contributed by atoms with van der Waals surface area (Å²) in [6.07, 6.45) is 8.48. The Balaban J connectivity index is 1.44. The lowest BCUT2D eigenvalue weighted by atomic mass is 9.97. The highest BCUT2D eigenvalue weighted by Crippen LogP contribution is 2.41. The number of hydrogen-bond donors (Lipinski definition) is 1. The van der Waals surface area contributed by atoms with Crippen LogP contribution in [0.3, 0.4) is 0 Å². The quantitative estimate of drug-likeness (QED) is 0.712. The summed E-state index contributed by atoms with van der Waals surface area (Å²) in [5.41, 5.74) is 2.35. The van der Waals surface area contributed by atoms with Crippen LogP contribution in [0.5, 0.6) is 0 Å². The number of rotatable bonds is 5. The van der Waals surface area contributed by atoms with Gasteiger partial charge in [-0.2, -0.15) is 14.7 Å². The van der Waals surface area contributed by atoms with Crippen LogP contribution in [0.4, 0.5) is 0 Å². The maximum atomic E-state index is 12.5. The number of fused-ring (bicyclic) bond motifs is 1. The van der Waals surface area contributed by atoms with Gasteiger partial charge in [0.15, 0.2) is 0 Å². The molecule has 0 radical (unpaired) electrons. The molecule has 1 saturated heterocycles. The molecule has 2 aliphatic rings. The molecule has 0 amide bonds. The molecule has 1 aliphatic carbocycles. The van der Waals surface area contributed by atoms with Gasteiger partial charge in [0.25, 0.3) is 0 Å². The van der Waals surface area contributed by atoms with Crippen molar-refractivity contribution in [1.29, 1.82) is 5.26 Å². The van der Waals surface area contributed by atoms with Crippen LogP contribution in [-0.2, 0) is 10.0 Å². The third-order valence-corrected chi connectivity index (χ3v) is 7.71. The van der Waals surface area contributed by atoms with Crippen molar-refractivity contribution in [3.63, 3.8) is 0 Å². The first kappa shape index (κ1) is 16.4. The number of nitriles is 1. The molecule has 1 aliphatic heterocycles. The Morgan fingerprint density at radius 3 is 2.96 bits per heavy atom. The Morgan fingerprint density at radius 2 is 2.19 bits per heavy atom. The number of H-pyrrole nitrogens is 1. The Morgan fingerprint density at radius 1 is 1.33 bits per heavy atom. The van der Waals surface area contributed by atoms with Crippen LogP contribution in [0.25, 0.3) is 22.3 Å². The van der Waals surface area contributed by atoms with E-state index in [9.17, 15) is 8.42 Å². The van der Waals surface area contributed by atoms with Gasteiger partial charge in [-0.3, -0.25) is 4.68 Å². The molecule has 4 heterocycles. The number of aromatic nitrogens is 5. The summed E-state index contributed by atoms with van der Waals surface area (Å²) >= 11 is 0.